The summed E-state index contributed by atoms with van der Waals surface area (Å²) in [5.74, 6) is 0.820. The average Bonchev–Trinajstić information content (AvgIpc) is 2.56. The third-order valence-corrected chi connectivity index (χ3v) is 3.50. The molecule has 0 unspecified atom stereocenters. The van der Waals surface area contributed by atoms with Gasteiger partial charge in [-0.25, -0.2) is 0 Å². The van der Waals surface area contributed by atoms with Crippen molar-refractivity contribution in [1.82, 2.24) is 0 Å². The van der Waals surface area contributed by atoms with E-state index in [0.29, 0.717) is 5.75 Å². The van der Waals surface area contributed by atoms with Crippen molar-refractivity contribution in [2.24, 2.45) is 0 Å². The van der Waals surface area contributed by atoms with Crippen molar-refractivity contribution in [1.29, 1.82) is 0 Å². The number of nitrogens with zero attached hydrogens (tertiary/aromatic N) is 1. The number of aryl methyl sites for hydroxylation is 1. The molecule has 0 saturated heterocycles. The molecule has 0 N–H and O–H groups in total. The molecular weight excluding hydrogens is 290 g/mol. The quantitative estimate of drug-likeness (QED) is 0.481. The monoisotopic (exact) mass is 305 g/mol. The first-order valence-electron chi connectivity index (χ1n) is 7.22. The van der Waals surface area contributed by atoms with Gasteiger partial charge in [0.25, 0.3) is 0 Å². The van der Waals surface area contributed by atoms with Gasteiger partial charge in [0.05, 0.1) is 4.92 Å². The molecule has 0 radical (unpaired) electrons. The molecule has 0 fully saturated rings. The van der Waals surface area contributed by atoms with E-state index in [0.717, 1.165) is 16.7 Å². The first-order chi connectivity index (χ1) is 11.1. The van der Waals surface area contributed by atoms with Gasteiger partial charge in [0.15, 0.2) is 0 Å². The summed E-state index contributed by atoms with van der Waals surface area (Å²) in [6, 6.07) is 22.3. The maximum atomic E-state index is 11.1. The molecule has 0 saturated carbocycles. The summed E-state index contributed by atoms with van der Waals surface area (Å²) in [6.07, 6.45) is 0. The van der Waals surface area contributed by atoms with Crippen LogP contribution in [0.4, 0.5) is 5.69 Å². The standard InChI is InChI=1S/C19H15NO3/c1-14-7-12-18(20(21)22)19(13-14)23-17-10-8-16(9-11-17)15-5-3-2-4-6-15/h2-13H,1H3. The number of nitro benzene ring substituents is 1. The minimum absolute atomic E-state index is 0.0391. The molecule has 23 heavy (non-hydrogen) atoms. The molecule has 114 valence electrons. The van der Waals surface area contributed by atoms with Crippen LogP contribution in [0.5, 0.6) is 11.5 Å². The van der Waals surface area contributed by atoms with Crippen LogP contribution in [-0.4, -0.2) is 4.92 Å². The van der Waals surface area contributed by atoms with E-state index in [1.807, 2.05) is 61.5 Å². The predicted molar refractivity (Wildman–Crippen MR) is 89.8 cm³/mol. The highest BCUT2D eigenvalue weighted by Gasteiger charge is 2.15. The summed E-state index contributed by atoms with van der Waals surface area (Å²) in [4.78, 5) is 10.7. The largest absolute Gasteiger partial charge is 0.450 e. The van der Waals surface area contributed by atoms with Crippen LogP contribution in [0.15, 0.2) is 72.8 Å². The predicted octanol–water partition coefficient (Wildman–Crippen LogP) is 5.36. The summed E-state index contributed by atoms with van der Waals surface area (Å²) < 4.78 is 5.70. The molecule has 0 aliphatic carbocycles. The van der Waals surface area contributed by atoms with Crippen LogP contribution in [0, 0.1) is 17.0 Å². The maximum Gasteiger partial charge on any atom is 0.311 e. The fourth-order valence-electron chi connectivity index (χ4n) is 2.33. The topological polar surface area (TPSA) is 52.4 Å². The molecule has 0 heterocycles. The lowest BCUT2D eigenvalue weighted by Crippen LogP contribution is -1.94. The van der Waals surface area contributed by atoms with Crippen molar-refractivity contribution in [2.45, 2.75) is 6.92 Å². The van der Waals surface area contributed by atoms with Gasteiger partial charge in [-0.05, 0) is 41.8 Å². The number of benzene rings is 3. The smallest absolute Gasteiger partial charge is 0.311 e. The molecule has 0 aliphatic heterocycles. The number of nitro groups is 1. The average molecular weight is 305 g/mol. The van der Waals surface area contributed by atoms with Crippen molar-refractivity contribution >= 4 is 5.69 Å². The van der Waals surface area contributed by atoms with Crippen LogP contribution in [-0.2, 0) is 0 Å². The third-order valence-electron chi connectivity index (χ3n) is 3.50. The normalized spacial score (nSPS) is 10.3. The molecule has 0 aliphatic rings. The molecule has 0 aromatic heterocycles. The third kappa shape index (κ3) is 3.37. The van der Waals surface area contributed by atoms with Crippen LogP contribution in [0.3, 0.4) is 0 Å². The van der Waals surface area contributed by atoms with Crippen LogP contribution in [0.2, 0.25) is 0 Å². The second kappa shape index (κ2) is 6.32. The molecular formula is C19H15NO3. The summed E-state index contributed by atoms with van der Waals surface area (Å²) in [6.45, 7) is 1.87. The van der Waals surface area contributed by atoms with E-state index < -0.39 is 4.92 Å². The molecule has 0 spiro atoms. The summed E-state index contributed by atoms with van der Waals surface area (Å²) in [5, 5.41) is 11.1. The summed E-state index contributed by atoms with van der Waals surface area (Å²) in [5.41, 5.74) is 3.05. The Morgan fingerprint density at radius 3 is 2.17 bits per heavy atom. The number of rotatable bonds is 4. The van der Waals surface area contributed by atoms with E-state index in [4.69, 9.17) is 4.74 Å². The van der Waals surface area contributed by atoms with Gasteiger partial charge in [0.1, 0.15) is 5.75 Å². The van der Waals surface area contributed by atoms with Gasteiger partial charge in [-0.3, -0.25) is 10.1 Å². The Kier molecular flexibility index (Phi) is 4.06. The molecule has 0 amide bonds. The van der Waals surface area contributed by atoms with Gasteiger partial charge in [-0.1, -0.05) is 48.5 Å². The second-order valence-corrected chi connectivity index (χ2v) is 5.22. The molecule has 3 aromatic carbocycles. The first-order valence-corrected chi connectivity index (χ1v) is 7.22. The second-order valence-electron chi connectivity index (χ2n) is 5.22. The van der Waals surface area contributed by atoms with E-state index in [1.54, 1.807) is 12.1 Å². The van der Waals surface area contributed by atoms with E-state index in [9.17, 15) is 10.1 Å². The SMILES string of the molecule is Cc1ccc([N+](=O)[O-])c(Oc2ccc(-c3ccccc3)cc2)c1. The van der Waals surface area contributed by atoms with Crippen LogP contribution < -0.4 is 4.74 Å². The van der Waals surface area contributed by atoms with E-state index in [1.165, 1.54) is 6.07 Å². The highest BCUT2D eigenvalue weighted by molar-refractivity contribution is 5.64. The van der Waals surface area contributed by atoms with Crippen LogP contribution >= 0.6 is 0 Å². The Balaban J connectivity index is 1.87. The fourth-order valence-corrected chi connectivity index (χ4v) is 2.33. The summed E-state index contributed by atoms with van der Waals surface area (Å²) in [7, 11) is 0. The maximum absolute atomic E-state index is 11.1. The first kappa shape index (κ1) is 14.8. The summed E-state index contributed by atoms with van der Waals surface area (Å²) >= 11 is 0. The van der Waals surface area contributed by atoms with Crippen molar-refractivity contribution in [2.75, 3.05) is 0 Å². The Labute approximate surface area is 134 Å². The highest BCUT2D eigenvalue weighted by atomic mass is 16.6. The molecule has 4 heteroatoms. The van der Waals surface area contributed by atoms with Crippen molar-refractivity contribution in [3.05, 3.63) is 88.5 Å². The lowest BCUT2D eigenvalue weighted by Gasteiger charge is -2.08. The molecule has 0 atom stereocenters. The minimum atomic E-state index is -0.437. The van der Waals surface area contributed by atoms with E-state index >= 15 is 0 Å². The van der Waals surface area contributed by atoms with Gasteiger partial charge >= 0.3 is 5.69 Å². The number of hydrogen-bond donors (Lipinski definition) is 0. The molecule has 3 rings (SSSR count). The Hall–Kier alpha value is -3.14. The van der Waals surface area contributed by atoms with Crippen molar-refractivity contribution in [3.8, 4) is 22.6 Å². The molecule has 3 aromatic rings. The highest BCUT2D eigenvalue weighted by Crippen LogP contribution is 2.33. The van der Waals surface area contributed by atoms with Crippen molar-refractivity contribution < 1.29 is 9.66 Å². The lowest BCUT2D eigenvalue weighted by molar-refractivity contribution is -0.385. The Morgan fingerprint density at radius 1 is 0.870 bits per heavy atom. The lowest BCUT2D eigenvalue weighted by atomic mass is 10.1. The van der Waals surface area contributed by atoms with Gasteiger partial charge in [0, 0.05) is 6.07 Å². The van der Waals surface area contributed by atoms with Gasteiger partial charge in [0.2, 0.25) is 5.75 Å². The Morgan fingerprint density at radius 2 is 1.52 bits per heavy atom. The number of hydrogen-bond acceptors (Lipinski definition) is 3. The van der Waals surface area contributed by atoms with E-state index in [-0.39, 0.29) is 11.4 Å². The fraction of sp³-hybridized carbons (Fsp3) is 0.0526. The zero-order valence-corrected chi connectivity index (χ0v) is 12.6. The van der Waals surface area contributed by atoms with Gasteiger partial charge in [-0.2, -0.15) is 0 Å². The molecule has 4 nitrogen and oxygen atoms in total. The van der Waals surface area contributed by atoms with Crippen LogP contribution in [0.1, 0.15) is 5.56 Å². The van der Waals surface area contributed by atoms with Crippen molar-refractivity contribution in [3.63, 3.8) is 0 Å². The number of ether oxygens (including phenoxy) is 1. The Bertz CT molecular complexity index is 827. The van der Waals surface area contributed by atoms with E-state index in [2.05, 4.69) is 0 Å². The van der Waals surface area contributed by atoms with Gasteiger partial charge < -0.3 is 4.74 Å². The van der Waals surface area contributed by atoms with Crippen LogP contribution in [0.25, 0.3) is 11.1 Å². The minimum Gasteiger partial charge on any atom is -0.450 e. The zero-order valence-electron chi connectivity index (χ0n) is 12.6. The zero-order chi connectivity index (χ0) is 16.2. The molecule has 0 bridgehead atoms. The van der Waals surface area contributed by atoms with Gasteiger partial charge in [-0.15, -0.1) is 0 Å².